The third kappa shape index (κ3) is 2.00. The van der Waals surface area contributed by atoms with Gasteiger partial charge in [-0.05, 0) is 18.7 Å². The van der Waals surface area contributed by atoms with Crippen LogP contribution in [0, 0.1) is 0 Å². The van der Waals surface area contributed by atoms with Crippen LogP contribution in [0.15, 0.2) is 18.5 Å². The normalized spacial score (nSPS) is 13.1. The highest BCUT2D eigenvalue weighted by Crippen LogP contribution is 2.24. The molecule has 16 heavy (non-hydrogen) atoms. The largest absolute Gasteiger partial charge is 0.369 e. The van der Waals surface area contributed by atoms with Crippen molar-refractivity contribution in [3.8, 4) is 0 Å². The van der Waals surface area contributed by atoms with Gasteiger partial charge in [-0.2, -0.15) is 11.8 Å². The summed E-state index contributed by atoms with van der Waals surface area (Å²) in [6.45, 7) is 4.33. The molecule has 2 heterocycles. The van der Waals surface area contributed by atoms with Crippen LogP contribution in [0.3, 0.4) is 0 Å². The minimum Gasteiger partial charge on any atom is -0.369 e. The highest BCUT2D eigenvalue weighted by molar-refractivity contribution is 7.99. The summed E-state index contributed by atoms with van der Waals surface area (Å²) >= 11 is 1.91. The fourth-order valence-corrected chi connectivity index (χ4v) is 2.52. The van der Waals surface area contributed by atoms with Crippen molar-refractivity contribution in [1.29, 1.82) is 0 Å². The Hall–Kier alpha value is -1.23. The topological polar surface area (TPSA) is 56.7 Å². The van der Waals surface area contributed by atoms with E-state index in [4.69, 9.17) is 5.73 Å². The number of imidazole rings is 1. The maximum Gasteiger partial charge on any atom is 0.201 e. The van der Waals surface area contributed by atoms with Crippen LogP contribution >= 0.6 is 11.8 Å². The van der Waals surface area contributed by atoms with E-state index in [1.54, 1.807) is 12.4 Å². The van der Waals surface area contributed by atoms with Crippen molar-refractivity contribution in [3.05, 3.63) is 18.5 Å². The summed E-state index contributed by atoms with van der Waals surface area (Å²) in [5, 5.41) is 0. The van der Waals surface area contributed by atoms with Crippen LogP contribution in [0.2, 0.25) is 0 Å². The number of fused-ring (bicyclic) bond motifs is 1. The molecule has 2 rings (SSSR count). The third-order valence-electron chi connectivity index (χ3n) is 2.52. The summed E-state index contributed by atoms with van der Waals surface area (Å²) < 4.78 is 2.08. The van der Waals surface area contributed by atoms with Crippen LogP contribution in [-0.2, 0) is 0 Å². The molecule has 0 spiro atoms. The maximum atomic E-state index is 5.94. The minimum atomic E-state index is 0.359. The van der Waals surface area contributed by atoms with Gasteiger partial charge >= 0.3 is 0 Å². The molecule has 0 saturated heterocycles. The van der Waals surface area contributed by atoms with Crippen molar-refractivity contribution < 1.29 is 0 Å². The van der Waals surface area contributed by atoms with E-state index in [1.165, 1.54) is 0 Å². The Bertz CT molecular complexity index is 480. The fraction of sp³-hybridized carbons (Fsp3) is 0.455. The number of hydrogen-bond acceptors (Lipinski definition) is 4. The molecule has 0 aliphatic rings. The highest BCUT2D eigenvalue weighted by Gasteiger charge is 2.13. The van der Waals surface area contributed by atoms with E-state index in [-0.39, 0.29) is 0 Å². The number of thioether (sulfide) groups is 1. The number of hydrogen-bond donors (Lipinski definition) is 1. The minimum absolute atomic E-state index is 0.359. The van der Waals surface area contributed by atoms with Gasteiger partial charge in [0.1, 0.15) is 5.52 Å². The van der Waals surface area contributed by atoms with Crippen LogP contribution in [-0.4, -0.2) is 26.0 Å². The van der Waals surface area contributed by atoms with Crippen molar-refractivity contribution in [2.45, 2.75) is 19.9 Å². The van der Waals surface area contributed by atoms with Gasteiger partial charge in [0.05, 0.1) is 11.7 Å². The molecule has 0 bridgehead atoms. The predicted octanol–water partition coefficient (Wildman–Crippen LogP) is 2.33. The molecule has 2 aromatic rings. The number of anilines is 1. The van der Waals surface area contributed by atoms with Crippen molar-refractivity contribution in [1.82, 2.24) is 14.5 Å². The average Bonchev–Trinajstić information content (AvgIpc) is 2.62. The molecule has 0 amide bonds. The smallest absolute Gasteiger partial charge is 0.201 e. The first-order chi connectivity index (χ1) is 7.74. The molecule has 0 aliphatic heterocycles. The molecule has 1 unspecified atom stereocenters. The molecule has 0 saturated carbocycles. The lowest BCUT2D eigenvalue weighted by Crippen LogP contribution is -2.11. The Kier molecular flexibility index (Phi) is 3.33. The van der Waals surface area contributed by atoms with Gasteiger partial charge in [0.25, 0.3) is 0 Å². The second kappa shape index (κ2) is 4.74. The van der Waals surface area contributed by atoms with Crippen LogP contribution in [0.5, 0.6) is 0 Å². The Morgan fingerprint density at radius 3 is 3.12 bits per heavy atom. The number of nitrogen functional groups attached to an aromatic ring is 1. The summed E-state index contributed by atoms with van der Waals surface area (Å²) in [5.74, 6) is 2.75. The van der Waals surface area contributed by atoms with E-state index in [0.717, 1.165) is 22.5 Å². The monoisotopic (exact) mass is 236 g/mol. The Morgan fingerprint density at radius 2 is 2.38 bits per heavy atom. The Labute approximate surface area is 99.3 Å². The summed E-state index contributed by atoms with van der Waals surface area (Å²) in [5.41, 5.74) is 7.88. The zero-order valence-corrected chi connectivity index (χ0v) is 10.4. The van der Waals surface area contributed by atoms with E-state index >= 15 is 0 Å². The molecule has 2 aromatic heterocycles. The number of aromatic nitrogens is 3. The molecule has 86 valence electrons. The van der Waals surface area contributed by atoms with Gasteiger partial charge in [0.2, 0.25) is 5.95 Å². The molecule has 0 fully saturated rings. The van der Waals surface area contributed by atoms with Crippen molar-refractivity contribution in [3.63, 3.8) is 0 Å². The van der Waals surface area contributed by atoms with E-state index < -0.39 is 0 Å². The number of nitrogens with zero attached hydrogens (tertiary/aromatic N) is 3. The molecule has 0 aliphatic carbocycles. The molecule has 1 atom stereocenters. The van der Waals surface area contributed by atoms with E-state index in [0.29, 0.717) is 12.0 Å². The lowest BCUT2D eigenvalue weighted by atomic mass is 10.3. The lowest BCUT2D eigenvalue weighted by molar-refractivity contribution is 0.636. The first-order valence-corrected chi connectivity index (χ1v) is 6.54. The lowest BCUT2D eigenvalue weighted by Gasteiger charge is -2.14. The summed E-state index contributed by atoms with van der Waals surface area (Å²) in [6, 6.07) is 2.32. The Morgan fingerprint density at radius 1 is 1.56 bits per heavy atom. The molecule has 0 radical (unpaired) electrons. The quantitative estimate of drug-likeness (QED) is 0.885. The van der Waals surface area contributed by atoms with E-state index in [2.05, 4.69) is 28.4 Å². The van der Waals surface area contributed by atoms with Gasteiger partial charge in [0.15, 0.2) is 0 Å². The van der Waals surface area contributed by atoms with Crippen LogP contribution < -0.4 is 5.73 Å². The van der Waals surface area contributed by atoms with Gasteiger partial charge in [-0.25, -0.2) is 4.98 Å². The van der Waals surface area contributed by atoms with Crippen molar-refractivity contribution >= 4 is 28.7 Å². The highest BCUT2D eigenvalue weighted by atomic mass is 32.2. The second-order valence-electron chi connectivity index (χ2n) is 3.71. The fourth-order valence-electron chi connectivity index (χ4n) is 1.80. The van der Waals surface area contributed by atoms with Gasteiger partial charge in [-0.15, -0.1) is 0 Å². The Balaban J connectivity index is 2.38. The average molecular weight is 236 g/mol. The summed E-state index contributed by atoms with van der Waals surface area (Å²) in [6.07, 6.45) is 3.53. The van der Waals surface area contributed by atoms with Crippen molar-refractivity contribution in [2.75, 3.05) is 17.2 Å². The first-order valence-electron chi connectivity index (χ1n) is 5.39. The van der Waals surface area contributed by atoms with Crippen LogP contribution in [0.25, 0.3) is 11.0 Å². The van der Waals surface area contributed by atoms with E-state index in [9.17, 15) is 0 Å². The standard InChI is InChI=1S/C11H16N4S/c1-3-16-7-8(2)15-10-4-5-13-6-9(10)14-11(15)12/h4-6,8H,3,7H2,1-2H3,(H2,12,14). The molecule has 5 heteroatoms. The van der Waals surface area contributed by atoms with Crippen LogP contribution in [0.4, 0.5) is 5.95 Å². The van der Waals surface area contributed by atoms with Gasteiger partial charge in [-0.3, -0.25) is 4.98 Å². The van der Waals surface area contributed by atoms with E-state index in [1.807, 2.05) is 17.8 Å². The summed E-state index contributed by atoms with van der Waals surface area (Å²) in [4.78, 5) is 8.36. The van der Waals surface area contributed by atoms with Gasteiger partial charge < -0.3 is 10.3 Å². The molecule has 4 nitrogen and oxygen atoms in total. The number of rotatable bonds is 4. The van der Waals surface area contributed by atoms with Crippen molar-refractivity contribution in [2.24, 2.45) is 0 Å². The predicted molar refractivity (Wildman–Crippen MR) is 69.7 cm³/mol. The molecule has 0 aromatic carbocycles. The third-order valence-corrected chi connectivity index (χ3v) is 3.65. The molecular weight excluding hydrogens is 220 g/mol. The number of nitrogens with two attached hydrogens (primary N) is 1. The van der Waals surface area contributed by atoms with Crippen LogP contribution in [0.1, 0.15) is 19.9 Å². The summed E-state index contributed by atoms with van der Waals surface area (Å²) in [7, 11) is 0. The van der Waals surface area contributed by atoms with Gasteiger partial charge in [-0.1, -0.05) is 6.92 Å². The zero-order chi connectivity index (χ0) is 11.5. The second-order valence-corrected chi connectivity index (χ2v) is 5.03. The molecule has 2 N–H and O–H groups in total. The SMILES string of the molecule is CCSCC(C)n1c(N)nc2cnccc21. The van der Waals surface area contributed by atoms with Gasteiger partial charge in [0, 0.05) is 18.0 Å². The maximum absolute atomic E-state index is 5.94. The zero-order valence-electron chi connectivity index (χ0n) is 9.55. The molecular formula is C11H16N4S. The first kappa shape index (κ1) is 11.3. The number of pyridine rings is 1.